The van der Waals surface area contributed by atoms with Gasteiger partial charge in [-0.3, -0.25) is 9.97 Å². The summed E-state index contributed by atoms with van der Waals surface area (Å²) < 4.78 is 13.7. The van der Waals surface area contributed by atoms with E-state index in [4.69, 9.17) is 0 Å². The Kier molecular flexibility index (Phi) is 5.92. The maximum absolute atomic E-state index is 13.7. The zero-order valence-electron chi connectivity index (χ0n) is 20.3. The Labute approximate surface area is 196 Å². The minimum Gasteiger partial charge on any atom is -0.256 e. The van der Waals surface area contributed by atoms with E-state index in [1.807, 2.05) is 24.4 Å². The van der Waals surface area contributed by atoms with Gasteiger partial charge in [0.25, 0.3) is 0 Å². The molecule has 0 unspecified atom stereocenters. The van der Waals surface area contributed by atoms with Crippen molar-refractivity contribution in [3.8, 4) is 33.6 Å². The smallest absolute Gasteiger partial charge is 0.141 e. The number of hydrogen-bond acceptors (Lipinski definition) is 2. The van der Waals surface area contributed by atoms with Gasteiger partial charge < -0.3 is 0 Å². The number of rotatable bonds is 3. The number of benzene rings is 2. The molecular formula is C30H31FN2. The highest BCUT2D eigenvalue weighted by Crippen LogP contribution is 2.41. The fraction of sp³-hybridized carbons (Fsp3) is 0.267. The van der Waals surface area contributed by atoms with Gasteiger partial charge in [-0.2, -0.15) is 0 Å². The first kappa shape index (κ1) is 22.8. The molecule has 0 atom stereocenters. The summed E-state index contributed by atoms with van der Waals surface area (Å²) in [6.45, 7) is 13.2. The fourth-order valence-corrected chi connectivity index (χ4v) is 3.97. The molecule has 168 valence electrons. The van der Waals surface area contributed by atoms with Gasteiger partial charge in [-0.1, -0.05) is 71.9 Å². The van der Waals surface area contributed by atoms with E-state index in [0.29, 0.717) is 0 Å². The van der Waals surface area contributed by atoms with Gasteiger partial charge in [-0.05, 0) is 69.5 Å². The summed E-state index contributed by atoms with van der Waals surface area (Å²) in [4.78, 5) is 9.09. The largest absolute Gasteiger partial charge is 0.256 e. The number of nitrogens with zero attached hydrogens (tertiary/aromatic N) is 2. The van der Waals surface area contributed by atoms with Crippen molar-refractivity contribution >= 4 is 0 Å². The van der Waals surface area contributed by atoms with E-state index in [1.165, 1.54) is 23.4 Å². The van der Waals surface area contributed by atoms with Crippen molar-refractivity contribution in [2.75, 3.05) is 0 Å². The lowest BCUT2D eigenvalue weighted by atomic mass is 9.81. The summed E-state index contributed by atoms with van der Waals surface area (Å²) in [5.74, 6) is -0.337. The summed E-state index contributed by atoms with van der Waals surface area (Å²) in [5.41, 5.74) is 8.34. The van der Waals surface area contributed by atoms with Gasteiger partial charge >= 0.3 is 0 Å². The van der Waals surface area contributed by atoms with Crippen LogP contribution in [0.4, 0.5) is 4.39 Å². The molecule has 2 aromatic heterocycles. The van der Waals surface area contributed by atoms with Crippen LogP contribution in [0.2, 0.25) is 0 Å². The average Bonchev–Trinajstić information content (AvgIpc) is 2.78. The first-order valence-electron chi connectivity index (χ1n) is 11.4. The summed E-state index contributed by atoms with van der Waals surface area (Å²) >= 11 is 0. The SMILES string of the molecule is CC(C)(C)c1ccc(-c2ccc(C(C)(C)C)cc2-c2ccc(F)cn2)c(-c2ccccn2)c1. The maximum atomic E-state index is 13.7. The first-order valence-corrected chi connectivity index (χ1v) is 11.4. The third-order valence-corrected chi connectivity index (χ3v) is 6.01. The highest BCUT2D eigenvalue weighted by molar-refractivity contribution is 5.90. The molecule has 0 fully saturated rings. The molecule has 0 saturated heterocycles. The molecule has 0 aliphatic carbocycles. The predicted molar refractivity (Wildman–Crippen MR) is 136 cm³/mol. The molecule has 0 aliphatic rings. The van der Waals surface area contributed by atoms with Gasteiger partial charge in [0.1, 0.15) is 5.82 Å². The Bertz CT molecular complexity index is 1260. The number of pyridine rings is 2. The molecule has 0 aliphatic heterocycles. The third kappa shape index (κ3) is 4.88. The monoisotopic (exact) mass is 438 g/mol. The molecule has 0 spiro atoms. The topological polar surface area (TPSA) is 25.8 Å². The lowest BCUT2D eigenvalue weighted by Gasteiger charge is -2.24. The van der Waals surface area contributed by atoms with Gasteiger partial charge in [0.15, 0.2) is 0 Å². The minimum absolute atomic E-state index is 0.0134. The second-order valence-corrected chi connectivity index (χ2v) is 10.6. The normalized spacial score (nSPS) is 12.1. The molecule has 2 heterocycles. The Morgan fingerprint density at radius 3 is 1.55 bits per heavy atom. The fourth-order valence-electron chi connectivity index (χ4n) is 3.97. The van der Waals surface area contributed by atoms with Crippen LogP contribution in [0.5, 0.6) is 0 Å². The summed E-state index contributed by atoms with van der Waals surface area (Å²) in [6.07, 6.45) is 3.11. The summed E-state index contributed by atoms with van der Waals surface area (Å²) in [6, 6.07) is 22.4. The van der Waals surface area contributed by atoms with E-state index < -0.39 is 0 Å². The molecule has 4 rings (SSSR count). The van der Waals surface area contributed by atoms with Crippen LogP contribution in [0, 0.1) is 5.82 Å². The van der Waals surface area contributed by atoms with Crippen LogP contribution >= 0.6 is 0 Å². The summed E-state index contributed by atoms with van der Waals surface area (Å²) in [5, 5.41) is 0. The quantitative estimate of drug-likeness (QED) is 0.322. The van der Waals surface area contributed by atoms with Crippen molar-refractivity contribution in [2.24, 2.45) is 0 Å². The number of halogens is 1. The molecule has 0 radical (unpaired) electrons. The van der Waals surface area contributed by atoms with Crippen molar-refractivity contribution in [3.63, 3.8) is 0 Å². The van der Waals surface area contributed by atoms with Crippen LogP contribution in [0.15, 0.2) is 79.1 Å². The van der Waals surface area contributed by atoms with Crippen molar-refractivity contribution < 1.29 is 4.39 Å². The number of hydrogen-bond donors (Lipinski definition) is 0. The van der Waals surface area contributed by atoms with Gasteiger partial charge in [-0.15, -0.1) is 0 Å². The van der Waals surface area contributed by atoms with Crippen molar-refractivity contribution in [1.29, 1.82) is 0 Å². The molecule has 3 heteroatoms. The standard InChI is InChI=1S/C30H31FN2/c1-29(2,3)20-10-13-23(25(17-20)27-9-7-8-16-32-27)24-14-11-21(30(4,5)6)18-26(24)28-15-12-22(31)19-33-28/h7-19H,1-6H3. The number of aromatic nitrogens is 2. The highest BCUT2D eigenvalue weighted by Gasteiger charge is 2.21. The van der Waals surface area contributed by atoms with E-state index in [1.54, 1.807) is 6.07 Å². The van der Waals surface area contributed by atoms with Crippen LogP contribution in [0.3, 0.4) is 0 Å². The molecule has 2 aromatic carbocycles. The Balaban J connectivity index is 2.01. The molecule has 33 heavy (non-hydrogen) atoms. The lowest BCUT2D eigenvalue weighted by molar-refractivity contribution is 0.590. The minimum atomic E-state index is -0.337. The molecule has 0 bridgehead atoms. The zero-order chi connectivity index (χ0) is 23.8. The van der Waals surface area contributed by atoms with Crippen LogP contribution < -0.4 is 0 Å². The Hall–Kier alpha value is -3.33. The zero-order valence-corrected chi connectivity index (χ0v) is 20.3. The third-order valence-electron chi connectivity index (χ3n) is 6.01. The molecule has 4 aromatic rings. The Morgan fingerprint density at radius 2 is 1.12 bits per heavy atom. The van der Waals surface area contributed by atoms with Gasteiger partial charge in [0.2, 0.25) is 0 Å². The van der Waals surface area contributed by atoms with E-state index >= 15 is 0 Å². The van der Waals surface area contributed by atoms with E-state index in [0.717, 1.165) is 33.6 Å². The predicted octanol–water partition coefficient (Wildman–Crippen LogP) is 8.21. The van der Waals surface area contributed by atoms with E-state index in [2.05, 4.69) is 87.9 Å². The molecule has 0 N–H and O–H groups in total. The lowest BCUT2D eigenvalue weighted by Crippen LogP contribution is -2.12. The van der Waals surface area contributed by atoms with Crippen LogP contribution in [-0.2, 0) is 10.8 Å². The molecular weight excluding hydrogens is 407 g/mol. The van der Waals surface area contributed by atoms with Crippen molar-refractivity contribution in [1.82, 2.24) is 9.97 Å². The van der Waals surface area contributed by atoms with Crippen LogP contribution in [0.1, 0.15) is 52.7 Å². The average molecular weight is 439 g/mol. The first-order chi connectivity index (χ1) is 15.5. The van der Waals surface area contributed by atoms with Gasteiger partial charge in [0.05, 0.1) is 17.6 Å². The van der Waals surface area contributed by atoms with E-state index in [-0.39, 0.29) is 16.6 Å². The maximum Gasteiger partial charge on any atom is 0.141 e. The second kappa shape index (κ2) is 8.55. The summed E-state index contributed by atoms with van der Waals surface area (Å²) in [7, 11) is 0. The van der Waals surface area contributed by atoms with E-state index in [9.17, 15) is 4.39 Å². The van der Waals surface area contributed by atoms with Gasteiger partial charge in [-0.25, -0.2) is 4.39 Å². The van der Waals surface area contributed by atoms with Crippen LogP contribution in [0.25, 0.3) is 33.6 Å². The van der Waals surface area contributed by atoms with Crippen LogP contribution in [-0.4, -0.2) is 9.97 Å². The van der Waals surface area contributed by atoms with Crippen molar-refractivity contribution in [2.45, 2.75) is 52.4 Å². The van der Waals surface area contributed by atoms with Gasteiger partial charge in [0, 0.05) is 17.3 Å². The molecule has 0 saturated carbocycles. The van der Waals surface area contributed by atoms with Crippen molar-refractivity contribution in [3.05, 3.63) is 96.1 Å². The highest BCUT2D eigenvalue weighted by atomic mass is 19.1. The second-order valence-electron chi connectivity index (χ2n) is 10.6. The molecule has 0 amide bonds. The Morgan fingerprint density at radius 1 is 0.576 bits per heavy atom. The molecule has 2 nitrogen and oxygen atoms in total.